The lowest BCUT2D eigenvalue weighted by atomic mass is 9.87. The van der Waals surface area contributed by atoms with E-state index < -0.39 is 186 Å². The maximum Gasteiger partial charge on any atom is 0.339 e. The minimum Gasteiger partial charge on any atom is -0.507 e. The summed E-state index contributed by atoms with van der Waals surface area (Å²) in [6, 6.07) is 2.27. The number of aromatic hydroxyl groups is 10. The van der Waals surface area contributed by atoms with Crippen LogP contribution in [0.2, 0.25) is 0 Å². The molecule has 0 aliphatic carbocycles. The first-order valence-corrected chi connectivity index (χ1v) is 16.4. The molecular weight excluding hydrogens is 784 g/mol. The van der Waals surface area contributed by atoms with Gasteiger partial charge in [0.05, 0.1) is 44.5 Å². The molecule has 22 heteroatoms. The van der Waals surface area contributed by atoms with E-state index in [2.05, 4.69) is 0 Å². The third-order valence-electron chi connectivity index (χ3n) is 10.0. The highest BCUT2D eigenvalue weighted by Gasteiger charge is 2.52. The topological polar surface area (TPSA) is 374 Å². The van der Waals surface area contributed by atoms with E-state index in [1.54, 1.807) is 0 Å². The maximum absolute atomic E-state index is 14.1. The molecule has 4 aromatic carbocycles. The Morgan fingerprint density at radius 1 is 0.431 bits per heavy atom. The highest BCUT2D eigenvalue weighted by atomic mass is 16.6. The van der Waals surface area contributed by atoms with Crippen LogP contribution < -0.4 is 0 Å². The standard InChI is InChI=1S/C36H24O22/c37-11-2-8-15(24(44)20(11)40)16-9(3-12(38)21(41)25(16)45)36(53)56-29-14(5-54-32(8)49)55-33(50)10-4-13(39)22(42)26(46)19(10)30-17-6(34(51)57-30)1-7-18(23(17)43)31(58-35(7)52)28(48)27(29)47/h1-4,14,27-31,37-48H,5H2/t14-,27+,28+,29-,30-,31+/m1/s1. The fraction of sp³-hybridized carbons (Fsp3) is 0.194. The molecular formula is C36H24O22. The van der Waals surface area contributed by atoms with Crippen LogP contribution in [0.1, 0.15) is 80.7 Å². The van der Waals surface area contributed by atoms with Crippen LogP contribution in [0, 0.1) is 0 Å². The number of esters is 5. The van der Waals surface area contributed by atoms with E-state index in [9.17, 15) is 85.3 Å². The van der Waals surface area contributed by atoms with Gasteiger partial charge in [0, 0.05) is 11.1 Å². The van der Waals surface area contributed by atoms with Crippen molar-refractivity contribution in [1.82, 2.24) is 0 Å². The van der Waals surface area contributed by atoms with Gasteiger partial charge in [-0.15, -0.1) is 0 Å². The predicted octanol–water partition coefficient (Wildman–Crippen LogP) is 0.538. The van der Waals surface area contributed by atoms with Gasteiger partial charge >= 0.3 is 29.8 Å². The van der Waals surface area contributed by atoms with Crippen molar-refractivity contribution >= 4 is 29.8 Å². The Morgan fingerprint density at radius 2 is 0.879 bits per heavy atom. The van der Waals surface area contributed by atoms with Gasteiger partial charge in [0.2, 0.25) is 17.2 Å². The molecule has 300 valence electrons. The molecule has 0 saturated carbocycles. The van der Waals surface area contributed by atoms with Gasteiger partial charge in [-0.25, -0.2) is 24.0 Å². The Bertz CT molecular complexity index is 2590. The molecule has 0 aromatic heterocycles. The van der Waals surface area contributed by atoms with Crippen molar-refractivity contribution in [2.45, 2.75) is 36.6 Å². The number of aliphatic hydroxyl groups excluding tert-OH is 2. The minimum atomic E-state index is -2.65. The normalized spacial score (nSPS) is 23.4. The molecule has 8 rings (SSSR count). The Morgan fingerprint density at radius 3 is 1.48 bits per heavy atom. The monoisotopic (exact) mass is 808 g/mol. The average molecular weight is 809 g/mol. The molecule has 0 amide bonds. The van der Waals surface area contributed by atoms with Crippen LogP contribution in [-0.4, -0.2) is 122 Å². The van der Waals surface area contributed by atoms with E-state index in [4.69, 9.17) is 23.7 Å². The molecule has 6 atom stereocenters. The summed E-state index contributed by atoms with van der Waals surface area (Å²) in [6.45, 7) is -1.34. The zero-order chi connectivity index (χ0) is 42.0. The highest BCUT2D eigenvalue weighted by molar-refractivity contribution is 6.09. The number of hydrogen-bond acceptors (Lipinski definition) is 22. The van der Waals surface area contributed by atoms with Crippen LogP contribution in [0.25, 0.3) is 11.1 Å². The highest BCUT2D eigenvalue weighted by Crippen LogP contribution is 2.55. The van der Waals surface area contributed by atoms with E-state index in [1.165, 1.54) is 0 Å². The number of rotatable bonds is 0. The first kappa shape index (κ1) is 37.1. The third kappa shape index (κ3) is 5.08. The molecule has 0 spiro atoms. The second-order valence-electron chi connectivity index (χ2n) is 13.2. The first-order valence-electron chi connectivity index (χ1n) is 16.4. The van der Waals surface area contributed by atoms with E-state index in [1.807, 2.05) is 0 Å². The minimum absolute atomic E-state index is 0.423. The average Bonchev–Trinajstić information content (AvgIpc) is 3.70. The molecule has 4 aromatic rings. The Hall–Kier alpha value is -7.85. The molecule has 4 aliphatic rings. The summed E-state index contributed by atoms with van der Waals surface area (Å²) in [5.41, 5.74) is -8.17. The Balaban J connectivity index is 1.39. The molecule has 2 bridgehead atoms. The number of cyclic esters (lactones) is 1. The molecule has 58 heavy (non-hydrogen) atoms. The largest absolute Gasteiger partial charge is 0.507 e. The lowest BCUT2D eigenvalue weighted by Crippen LogP contribution is -2.52. The van der Waals surface area contributed by atoms with Crippen LogP contribution >= 0.6 is 0 Å². The number of carbonyl (C=O) groups excluding carboxylic acids is 5. The van der Waals surface area contributed by atoms with Gasteiger partial charge < -0.3 is 85.0 Å². The number of benzene rings is 4. The summed E-state index contributed by atoms with van der Waals surface area (Å²) in [4.78, 5) is 68.2. The van der Waals surface area contributed by atoms with Crippen LogP contribution in [0.15, 0.2) is 24.3 Å². The van der Waals surface area contributed by atoms with E-state index >= 15 is 0 Å². The first-order chi connectivity index (χ1) is 27.3. The fourth-order valence-corrected chi connectivity index (χ4v) is 7.27. The molecule has 12 N–H and O–H groups in total. The van der Waals surface area contributed by atoms with Crippen molar-refractivity contribution in [3.8, 4) is 68.6 Å². The quantitative estimate of drug-likeness (QED) is 0.0655. The molecule has 0 saturated heterocycles. The Kier molecular flexibility index (Phi) is 8.05. The number of hydrogen-bond donors (Lipinski definition) is 12. The number of phenols is 10. The van der Waals surface area contributed by atoms with Gasteiger partial charge in [0.25, 0.3) is 0 Å². The lowest BCUT2D eigenvalue weighted by molar-refractivity contribution is -0.146. The smallest absolute Gasteiger partial charge is 0.339 e. The summed E-state index contributed by atoms with van der Waals surface area (Å²) in [6.07, 6.45) is -14.2. The summed E-state index contributed by atoms with van der Waals surface area (Å²) in [5.74, 6) is -20.3. The summed E-state index contributed by atoms with van der Waals surface area (Å²) < 4.78 is 26.9. The SMILES string of the molecule is O=C1OC[C@H]2OC(=O)c3cc(O)c(O)c(O)c3[C@@H]3OC(=O)c4cc5c(c(O)c43)[C@H](OC5=O)[C@@H](O)[C@H](O)[C@@H]2OC(=O)c2cc(O)c(O)c(O)c2-c2c1cc(O)c(O)c2O. The van der Waals surface area contributed by atoms with Gasteiger partial charge in [0.15, 0.2) is 58.9 Å². The number of carbonyl (C=O) groups is 5. The molecule has 0 fully saturated rings. The van der Waals surface area contributed by atoms with Gasteiger partial charge in [0.1, 0.15) is 24.6 Å². The Labute approximate surface area is 319 Å². The lowest BCUT2D eigenvalue weighted by Gasteiger charge is -2.33. The van der Waals surface area contributed by atoms with Crippen LogP contribution in [0.5, 0.6) is 57.5 Å². The summed E-state index contributed by atoms with van der Waals surface area (Å²) in [7, 11) is 0. The number of ether oxygens (including phenoxy) is 5. The fourth-order valence-electron chi connectivity index (χ4n) is 7.27. The summed E-state index contributed by atoms with van der Waals surface area (Å²) in [5, 5.41) is 130. The molecule has 22 nitrogen and oxygen atoms in total. The number of aliphatic hydroxyl groups is 2. The van der Waals surface area contributed by atoms with Crippen LogP contribution in [0.4, 0.5) is 0 Å². The van der Waals surface area contributed by atoms with Gasteiger partial charge in [-0.3, -0.25) is 0 Å². The molecule has 0 radical (unpaired) electrons. The molecule has 4 aliphatic heterocycles. The van der Waals surface area contributed by atoms with Crippen molar-refractivity contribution in [1.29, 1.82) is 0 Å². The van der Waals surface area contributed by atoms with Crippen LogP contribution in [0.3, 0.4) is 0 Å². The van der Waals surface area contributed by atoms with Crippen molar-refractivity contribution in [2.24, 2.45) is 0 Å². The van der Waals surface area contributed by atoms with Crippen molar-refractivity contribution in [3.63, 3.8) is 0 Å². The van der Waals surface area contributed by atoms with Crippen LogP contribution in [-0.2, 0) is 23.7 Å². The van der Waals surface area contributed by atoms with Crippen molar-refractivity contribution in [2.75, 3.05) is 6.61 Å². The van der Waals surface area contributed by atoms with E-state index in [-0.39, 0.29) is 0 Å². The molecule has 0 unspecified atom stereocenters. The maximum atomic E-state index is 14.1. The second kappa shape index (κ2) is 12.6. The number of phenolic OH excluding ortho intramolecular Hbond substituents is 10. The number of fused-ring (bicyclic) bond motifs is 6. The van der Waals surface area contributed by atoms with Crippen molar-refractivity contribution in [3.05, 3.63) is 68.8 Å². The zero-order valence-electron chi connectivity index (χ0n) is 28.4. The third-order valence-corrected chi connectivity index (χ3v) is 10.0. The van der Waals surface area contributed by atoms with Crippen molar-refractivity contribution < 1.29 is 109 Å². The summed E-state index contributed by atoms with van der Waals surface area (Å²) >= 11 is 0. The van der Waals surface area contributed by atoms with E-state index in [0.717, 1.165) is 6.07 Å². The second-order valence-corrected chi connectivity index (χ2v) is 13.2. The van der Waals surface area contributed by atoms with Gasteiger partial charge in [-0.1, -0.05) is 0 Å². The molecule has 4 heterocycles. The van der Waals surface area contributed by atoms with Gasteiger partial charge in [-0.2, -0.15) is 0 Å². The zero-order valence-corrected chi connectivity index (χ0v) is 28.4. The van der Waals surface area contributed by atoms with Gasteiger partial charge in [-0.05, 0) is 24.3 Å². The predicted molar refractivity (Wildman–Crippen MR) is 178 cm³/mol. The van der Waals surface area contributed by atoms with E-state index in [0.29, 0.717) is 18.2 Å².